The van der Waals surface area contributed by atoms with E-state index in [9.17, 15) is 5.11 Å². The number of hydrogen-bond acceptors (Lipinski definition) is 5. The van der Waals surface area contributed by atoms with E-state index in [4.69, 9.17) is 4.74 Å². The van der Waals surface area contributed by atoms with E-state index in [2.05, 4.69) is 38.4 Å². The minimum Gasteiger partial charge on any atom is -0.395 e. The van der Waals surface area contributed by atoms with Crippen molar-refractivity contribution in [3.05, 3.63) is 35.8 Å². The van der Waals surface area contributed by atoms with Crippen LogP contribution in [-0.4, -0.2) is 76.8 Å². The molecule has 1 fully saturated rings. The fourth-order valence-corrected chi connectivity index (χ4v) is 3.00. The molecule has 126 valence electrons. The molecule has 3 heterocycles. The van der Waals surface area contributed by atoms with Gasteiger partial charge in [0.2, 0.25) is 0 Å². The van der Waals surface area contributed by atoms with E-state index >= 15 is 0 Å². The van der Waals surface area contributed by atoms with E-state index in [1.165, 1.54) is 11.3 Å². The van der Waals surface area contributed by atoms with Crippen molar-refractivity contribution in [2.45, 2.75) is 13.5 Å². The number of pyridine rings is 1. The average Bonchev–Trinajstić information content (AvgIpc) is 2.96. The molecule has 0 unspecified atom stereocenters. The second-order valence-corrected chi connectivity index (χ2v) is 6.14. The van der Waals surface area contributed by atoms with Crippen LogP contribution in [0, 0.1) is 6.92 Å². The highest BCUT2D eigenvalue weighted by Crippen LogP contribution is 2.11. The summed E-state index contributed by atoms with van der Waals surface area (Å²) >= 11 is 0. The predicted octanol–water partition coefficient (Wildman–Crippen LogP) is 0.769. The molecular formula is C17H26N4O2. The second kappa shape index (κ2) is 7.88. The summed E-state index contributed by atoms with van der Waals surface area (Å²) in [6.07, 6.45) is 4.06. The zero-order valence-corrected chi connectivity index (χ0v) is 13.8. The Kier molecular flexibility index (Phi) is 5.61. The van der Waals surface area contributed by atoms with E-state index in [0.717, 1.165) is 51.6 Å². The number of aromatic nitrogens is 2. The highest BCUT2D eigenvalue weighted by molar-refractivity contribution is 5.41. The summed E-state index contributed by atoms with van der Waals surface area (Å²) in [5, 5.41) is 9.36. The number of aryl methyl sites for hydroxylation is 1. The maximum atomic E-state index is 9.36. The van der Waals surface area contributed by atoms with Gasteiger partial charge in [-0.15, -0.1) is 0 Å². The second-order valence-electron chi connectivity index (χ2n) is 6.14. The molecule has 0 amide bonds. The molecule has 0 radical (unpaired) electrons. The van der Waals surface area contributed by atoms with Crippen LogP contribution < -0.4 is 0 Å². The number of hydrogen-bond donors (Lipinski definition) is 1. The molecule has 23 heavy (non-hydrogen) atoms. The molecule has 1 aliphatic heterocycles. The monoisotopic (exact) mass is 318 g/mol. The molecule has 1 N–H and O–H groups in total. The largest absolute Gasteiger partial charge is 0.395 e. The van der Waals surface area contributed by atoms with Gasteiger partial charge in [0.15, 0.2) is 0 Å². The zero-order valence-electron chi connectivity index (χ0n) is 13.8. The lowest BCUT2D eigenvalue weighted by Crippen LogP contribution is -2.42. The van der Waals surface area contributed by atoms with Crippen molar-refractivity contribution in [2.24, 2.45) is 0 Å². The van der Waals surface area contributed by atoms with Gasteiger partial charge >= 0.3 is 0 Å². The molecule has 0 spiro atoms. The highest BCUT2D eigenvalue weighted by atomic mass is 16.5. The van der Waals surface area contributed by atoms with E-state index in [1.807, 2.05) is 12.3 Å². The lowest BCUT2D eigenvalue weighted by molar-refractivity contribution is 0.0319. The molecule has 1 aliphatic rings. The third-order valence-electron chi connectivity index (χ3n) is 4.37. The molecule has 6 nitrogen and oxygen atoms in total. The summed E-state index contributed by atoms with van der Waals surface area (Å²) in [5.74, 6) is 0. The molecule has 1 saturated heterocycles. The Labute approximate surface area is 137 Å². The zero-order chi connectivity index (χ0) is 16.1. The fourth-order valence-electron chi connectivity index (χ4n) is 3.00. The van der Waals surface area contributed by atoms with Gasteiger partial charge in [-0.1, -0.05) is 6.07 Å². The Balaban J connectivity index is 1.64. The van der Waals surface area contributed by atoms with Crippen molar-refractivity contribution in [3.63, 3.8) is 0 Å². The highest BCUT2D eigenvalue weighted by Gasteiger charge is 2.14. The molecule has 0 bridgehead atoms. The number of ether oxygens (including phenoxy) is 1. The normalized spacial score (nSPS) is 16.5. The van der Waals surface area contributed by atoms with Crippen molar-refractivity contribution in [3.8, 4) is 0 Å². The lowest BCUT2D eigenvalue weighted by Gasteiger charge is -2.29. The first-order valence-corrected chi connectivity index (χ1v) is 8.32. The van der Waals surface area contributed by atoms with Gasteiger partial charge in [-0.05, 0) is 18.6 Å². The molecule has 2 aromatic heterocycles. The maximum Gasteiger partial charge on any atom is 0.136 e. The van der Waals surface area contributed by atoms with E-state index in [-0.39, 0.29) is 6.61 Å². The van der Waals surface area contributed by atoms with Gasteiger partial charge in [-0.2, -0.15) is 0 Å². The van der Waals surface area contributed by atoms with Crippen LogP contribution in [0.15, 0.2) is 24.5 Å². The minimum absolute atomic E-state index is 0.179. The summed E-state index contributed by atoms with van der Waals surface area (Å²) in [5.41, 5.74) is 3.36. The Morgan fingerprint density at radius 2 is 2.09 bits per heavy atom. The van der Waals surface area contributed by atoms with Crippen molar-refractivity contribution >= 4 is 5.65 Å². The van der Waals surface area contributed by atoms with E-state index in [0.29, 0.717) is 6.54 Å². The molecule has 3 rings (SSSR count). The van der Waals surface area contributed by atoms with Crippen LogP contribution in [0.1, 0.15) is 11.3 Å². The number of aliphatic hydroxyl groups excluding tert-OH is 1. The summed E-state index contributed by atoms with van der Waals surface area (Å²) < 4.78 is 7.54. The van der Waals surface area contributed by atoms with Crippen LogP contribution in [0.5, 0.6) is 0 Å². The number of nitrogens with zero attached hydrogens (tertiary/aromatic N) is 4. The minimum atomic E-state index is 0.179. The third kappa shape index (κ3) is 4.29. The van der Waals surface area contributed by atoms with Gasteiger partial charge in [-0.25, -0.2) is 4.98 Å². The Hall–Kier alpha value is -1.47. The topological polar surface area (TPSA) is 53.2 Å². The van der Waals surface area contributed by atoms with Crippen molar-refractivity contribution in [1.29, 1.82) is 0 Å². The number of morpholine rings is 1. The van der Waals surface area contributed by atoms with Crippen LogP contribution in [0.3, 0.4) is 0 Å². The van der Waals surface area contributed by atoms with E-state index < -0.39 is 0 Å². The van der Waals surface area contributed by atoms with Gasteiger partial charge in [0, 0.05) is 45.5 Å². The van der Waals surface area contributed by atoms with Gasteiger partial charge in [0.1, 0.15) is 5.65 Å². The van der Waals surface area contributed by atoms with E-state index in [1.54, 1.807) is 0 Å². The summed E-state index contributed by atoms with van der Waals surface area (Å²) in [6.45, 7) is 9.37. The number of rotatable bonds is 7. The van der Waals surface area contributed by atoms with Gasteiger partial charge in [0.05, 0.1) is 31.7 Å². The third-order valence-corrected chi connectivity index (χ3v) is 4.37. The average molecular weight is 318 g/mol. The number of fused-ring (bicyclic) bond motifs is 1. The smallest absolute Gasteiger partial charge is 0.136 e. The Morgan fingerprint density at radius 3 is 2.87 bits per heavy atom. The first kappa shape index (κ1) is 16.4. The van der Waals surface area contributed by atoms with Crippen LogP contribution in [0.25, 0.3) is 5.65 Å². The summed E-state index contributed by atoms with van der Waals surface area (Å²) in [7, 11) is 0. The molecule has 0 saturated carbocycles. The first-order valence-electron chi connectivity index (χ1n) is 8.32. The van der Waals surface area contributed by atoms with Crippen LogP contribution >= 0.6 is 0 Å². The van der Waals surface area contributed by atoms with Gasteiger partial charge in [0.25, 0.3) is 0 Å². The standard InChI is InChI=1S/C17H26N4O2/c1-15-2-3-17-18-12-16(21(17)13-15)14-20(6-9-22)5-4-19-7-10-23-11-8-19/h2-3,12-13,22H,4-11,14H2,1H3. The number of imidazole rings is 1. The quantitative estimate of drug-likeness (QED) is 0.817. The van der Waals surface area contributed by atoms with Crippen molar-refractivity contribution in [2.75, 3.05) is 52.5 Å². The maximum absolute atomic E-state index is 9.36. The summed E-state index contributed by atoms with van der Waals surface area (Å²) in [6, 6.07) is 4.12. The SMILES string of the molecule is Cc1ccc2ncc(CN(CCO)CCN3CCOCC3)n2c1. The lowest BCUT2D eigenvalue weighted by atomic mass is 10.3. The molecular weight excluding hydrogens is 292 g/mol. The molecule has 0 atom stereocenters. The molecule has 0 aliphatic carbocycles. The Bertz CT molecular complexity index is 622. The van der Waals surface area contributed by atoms with Gasteiger partial charge in [-0.3, -0.25) is 9.80 Å². The number of aliphatic hydroxyl groups is 1. The predicted molar refractivity (Wildman–Crippen MR) is 89.6 cm³/mol. The summed E-state index contributed by atoms with van der Waals surface area (Å²) in [4.78, 5) is 9.19. The van der Waals surface area contributed by atoms with Crippen LogP contribution in [0.2, 0.25) is 0 Å². The van der Waals surface area contributed by atoms with Crippen molar-refractivity contribution < 1.29 is 9.84 Å². The fraction of sp³-hybridized carbons (Fsp3) is 0.588. The van der Waals surface area contributed by atoms with Gasteiger partial charge < -0.3 is 14.2 Å². The van der Waals surface area contributed by atoms with Crippen molar-refractivity contribution in [1.82, 2.24) is 19.2 Å². The molecule has 2 aromatic rings. The first-order chi connectivity index (χ1) is 11.3. The van der Waals surface area contributed by atoms with Crippen LogP contribution in [0.4, 0.5) is 0 Å². The van der Waals surface area contributed by atoms with Crippen LogP contribution in [-0.2, 0) is 11.3 Å². The Morgan fingerprint density at radius 1 is 1.26 bits per heavy atom. The molecule has 0 aromatic carbocycles. The molecule has 6 heteroatoms.